The van der Waals surface area contributed by atoms with Crippen molar-refractivity contribution >= 4 is 17.6 Å². The number of carbonyl (C=O) groups is 1. The molecule has 0 amide bonds. The number of carboxylic acid groups (broad SMARTS) is 1. The molecule has 1 rings (SSSR count). The van der Waals surface area contributed by atoms with Gasteiger partial charge in [-0.25, -0.2) is 0 Å². The summed E-state index contributed by atoms with van der Waals surface area (Å²) < 4.78 is 1.71. The van der Waals surface area contributed by atoms with Crippen LogP contribution in [0.15, 0.2) is 0 Å². The first-order valence-electron chi connectivity index (χ1n) is 6.79. The molecule has 0 radical (unpaired) electrons. The zero-order chi connectivity index (χ0) is 14.6. The van der Waals surface area contributed by atoms with E-state index in [0.29, 0.717) is 24.3 Å². The summed E-state index contributed by atoms with van der Waals surface area (Å²) in [7, 11) is 1.82. The highest BCUT2D eigenvalue weighted by Crippen LogP contribution is 2.36. The lowest BCUT2D eigenvalue weighted by atomic mass is 9.76. The highest BCUT2D eigenvalue weighted by molar-refractivity contribution is 6.31. The summed E-state index contributed by atoms with van der Waals surface area (Å²) >= 11 is 6.24. The Bertz CT molecular complexity index is 457. The van der Waals surface area contributed by atoms with Gasteiger partial charge in [-0.2, -0.15) is 5.10 Å². The van der Waals surface area contributed by atoms with Crippen LogP contribution < -0.4 is 0 Å². The molecule has 1 atom stereocenters. The number of halogens is 1. The summed E-state index contributed by atoms with van der Waals surface area (Å²) in [5, 5.41) is 14.5. The second-order valence-electron chi connectivity index (χ2n) is 5.19. The van der Waals surface area contributed by atoms with E-state index >= 15 is 0 Å². The van der Waals surface area contributed by atoms with Crippen LogP contribution in [0, 0.1) is 12.3 Å². The Balaban J connectivity index is 3.09. The van der Waals surface area contributed by atoms with E-state index < -0.39 is 11.4 Å². The number of nitrogens with zero attached hydrogens (tertiary/aromatic N) is 2. The molecule has 0 bridgehead atoms. The first-order chi connectivity index (χ1) is 8.88. The van der Waals surface area contributed by atoms with Crippen LogP contribution in [0.4, 0.5) is 0 Å². The number of aromatic nitrogens is 2. The molecule has 108 valence electrons. The molecule has 1 unspecified atom stereocenters. The summed E-state index contributed by atoms with van der Waals surface area (Å²) in [5.74, 6) is -0.738. The first-order valence-corrected chi connectivity index (χ1v) is 7.17. The van der Waals surface area contributed by atoms with Crippen molar-refractivity contribution in [1.29, 1.82) is 0 Å². The van der Waals surface area contributed by atoms with Crippen molar-refractivity contribution in [3.05, 3.63) is 16.4 Å². The fourth-order valence-corrected chi connectivity index (χ4v) is 2.66. The van der Waals surface area contributed by atoms with Crippen molar-refractivity contribution in [2.45, 2.75) is 52.9 Å². The molecule has 1 heterocycles. The van der Waals surface area contributed by atoms with Gasteiger partial charge in [0.05, 0.1) is 21.8 Å². The minimum atomic E-state index is -0.738. The van der Waals surface area contributed by atoms with Gasteiger partial charge in [0.25, 0.3) is 0 Å². The van der Waals surface area contributed by atoms with Gasteiger partial charge in [0.1, 0.15) is 0 Å². The maximum atomic E-state index is 11.7. The smallest absolute Gasteiger partial charge is 0.310 e. The lowest BCUT2D eigenvalue weighted by molar-refractivity contribution is -0.149. The van der Waals surface area contributed by atoms with E-state index in [1.54, 1.807) is 4.68 Å². The van der Waals surface area contributed by atoms with E-state index in [0.717, 1.165) is 24.2 Å². The fraction of sp³-hybridized carbons (Fsp3) is 0.714. The third-order valence-corrected chi connectivity index (χ3v) is 4.40. The molecule has 0 saturated heterocycles. The minimum Gasteiger partial charge on any atom is -0.481 e. The highest BCUT2D eigenvalue weighted by Gasteiger charge is 2.38. The number of hydrogen-bond acceptors (Lipinski definition) is 2. The second kappa shape index (κ2) is 6.42. The summed E-state index contributed by atoms with van der Waals surface area (Å²) in [4.78, 5) is 11.7. The molecule has 0 aliphatic rings. The van der Waals surface area contributed by atoms with Gasteiger partial charge in [0, 0.05) is 13.5 Å². The van der Waals surface area contributed by atoms with E-state index in [1.165, 1.54) is 0 Å². The third-order valence-electron chi connectivity index (χ3n) is 3.91. The number of hydrogen-bond donors (Lipinski definition) is 1. The normalized spacial score (nSPS) is 14.4. The van der Waals surface area contributed by atoms with Crippen LogP contribution in [0.25, 0.3) is 0 Å². The van der Waals surface area contributed by atoms with Crippen molar-refractivity contribution in [2.75, 3.05) is 0 Å². The van der Waals surface area contributed by atoms with Gasteiger partial charge in [0.2, 0.25) is 0 Å². The number of unbranched alkanes of at least 4 members (excludes halogenated alkanes) is 1. The SMILES string of the molecule is CCCCC(CC)(Cc1c(Cl)c(C)nn1C)C(=O)O. The Hall–Kier alpha value is -1.03. The molecule has 4 nitrogen and oxygen atoms in total. The topological polar surface area (TPSA) is 55.1 Å². The van der Waals surface area contributed by atoms with E-state index in [-0.39, 0.29) is 0 Å². The van der Waals surface area contributed by atoms with E-state index in [4.69, 9.17) is 11.6 Å². The second-order valence-corrected chi connectivity index (χ2v) is 5.57. The average molecular weight is 287 g/mol. The molecule has 0 saturated carbocycles. The number of aryl methyl sites for hydroxylation is 2. The highest BCUT2D eigenvalue weighted by atomic mass is 35.5. The predicted octanol–water partition coefficient (Wildman–Crippen LogP) is 3.60. The third kappa shape index (κ3) is 3.30. The maximum Gasteiger partial charge on any atom is 0.310 e. The Kier molecular flexibility index (Phi) is 5.41. The quantitative estimate of drug-likeness (QED) is 0.833. The molecule has 5 heteroatoms. The van der Waals surface area contributed by atoms with E-state index in [1.807, 2.05) is 20.9 Å². The Morgan fingerprint density at radius 1 is 1.47 bits per heavy atom. The summed E-state index contributed by atoms with van der Waals surface area (Å²) in [5.41, 5.74) is 0.837. The van der Waals surface area contributed by atoms with Crippen LogP contribution in [0.2, 0.25) is 5.02 Å². The number of carboxylic acids is 1. The van der Waals surface area contributed by atoms with Crippen molar-refractivity contribution < 1.29 is 9.90 Å². The van der Waals surface area contributed by atoms with Gasteiger partial charge in [-0.05, 0) is 19.8 Å². The predicted molar refractivity (Wildman–Crippen MR) is 76.5 cm³/mol. The molecular formula is C14H23ClN2O2. The standard InChI is InChI=1S/C14H23ClN2O2/c1-5-7-8-14(6-2,13(18)19)9-11-12(15)10(3)16-17(11)4/h5-9H2,1-4H3,(H,18,19). The van der Waals surface area contributed by atoms with Gasteiger partial charge in [0.15, 0.2) is 0 Å². The van der Waals surface area contributed by atoms with E-state index in [9.17, 15) is 9.90 Å². The van der Waals surface area contributed by atoms with Gasteiger partial charge >= 0.3 is 5.97 Å². The maximum absolute atomic E-state index is 11.7. The van der Waals surface area contributed by atoms with Crippen LogP contribution >= 0.6 is 11.6 Å². The summed E-state index contributed by atoms with van der Waals surface area (Å²) in [6.07, 6.45) is 3.62. The molecule has 0 spiro atoms. The molecule has 0 fully saturated rings. The van der Waals surface area contributed by atoms with Crippen LogP contribution in [-0.2, 0) is 18.3 Å². The van der Waals surface area contributed by atoms with Gasteiger partial charge in [-0.3, -0.25) is 9.48 Å². The first kappa shape index (κ1) is 16.0. The van der Waals surface area contributed by atoms with Crippen molar-refractivity contribution in [3.63, 3.8) is 0 Å². The van der Waals surface area contributed by atoms with Crippen LogP contribution in [0.1, 0.15) is 50.9 Å². The van der Waals surface area contributed by atoms with Crippen molar-refractivity contribution in [3.8, 4) is 0 Å². The Labute approximate surface area is 119 Å². The molecule has 1 aromatic rings. The number of aliphatic carboxylic acids is 1. The zero-order valence-electron chi connectivity index (χ0n) is 12.2. The van der Waals surface area contributed by atoms with E-state index in [2.05, 4.69) is 12.0 Å². The monoisotopic (exact) mass is 286 g/mol. The molecule has 1 aromatic heterocycles. The largest absolute Gasteiger partial charge is 0.481 e. The molecular weight excluding hydrogens is 264 g/mol. The van der Waals surface area contributed by atoms with Crippen LogP contribution in [0.5, 0.6) is 0 Å². The van der Waals surface area contributed by atoms with Gasteiger partial charge in [-0.1, -0.05) is 38.3 Å². The lowest BCUT2D eigenvalue weighted by Gasteiger charge is -2.28. The van der Waals surface area contributed by atoms with Crippen LogP contribution in [0.3, 0.4) is 0 Å². The van der Waals surface area contributed by atoms with Crippen molar-refractivity contribution in [2.24, 2.45) is 12.5 Å². The molecule has 0 aliphatic heterocycles. The van der Waals surface area contributed by atoms with Gasteiger partial charge in [-0.15, -0.1) is 0 Å². The number of rotatable bonds is 7. The van der Waals surface area contributed by atoms with Gasteiger partial charge < -0.3 is 5.11 Å². The fourth-order valence-electron chi connectivity index (χ4n) is 2.43. The average Bonchev–Trinajstić information content (AvgIpc) is 2.60. The lowest BCUT2D eigenvalue weighted by Crippen LogP contribution is -2.33. The summed E-state index contributed by atoms with van der Waals surface area (Å²) in [6, 6.07) is 0. The molecule has 19 heavy (non-hydrogen) atoms. The molecule has 1 N–H and O–H groups in total. The molecule has 0 aliphatic carbocycles. The zero-order valence-corrected chi connectivity index (χ0v) is 12.9. The Morgan fingerprint density at radius 3 is 2.47 bits per heavy atom. The van der Waals surface area contributed by atoms with Crippen molar-refractivity contribution in [1.82, 2.24) is 9.78 Å². The van der Waals surface area contributed by atoms with Crippen LogP contribution in [-0.4, -0.2) is 20.9 Å². The molecule has 0 aromatic carbocycles. The summed E-state index contributed by atoms with van der Waals surface area (Å²) in [6.45, 7) is 5.84. The Morgan fingerprint density at radius 2 is 2.11 bits per heavy atom. The minimum absolute atomic E-state index is 0.439.